The Morgan fingerprint density at radius 2 is 1.82 bits per heavy atom. The molecule has 1 saturated heterocycles. The molecule has 0 spiro atoms. The highest BCUT2D eigenvalue weighted by Crippen LogP contribution is 2.33. The van der Waals surface area contributed by atoms with Gasteiger partial charge in [0.25, 0.3) is 5.91 Å². The lowest BCUT2D eigenvalue weighted by Gasteiger charge is -2.27. The first-order chi connectivity index (χ1) is 15.7. The van der Waals surface area contributed by atoms with Gasteiger partial charge in [0.2, 0.25) is 0 Å². The van der Waals surface area contributed by atoms with Crippen molar-refractivity contribution in [2.75, 3.05) is 31.5 Å². The van der Waals surface area contributed by atoms with Gasteiger partial charge in [0.1, 0.15) is 11.3 Å². The average Bonchev–Trinajstić information content (AvgIpc) is 3.23. The third-order valence-electron chi connectivity index (χ3n) is 5.72. The van der Waals surface area contributed by atoms with E-state index in [1.165, 1.54) is 5.56 Å². The van der Waals surface area contributed by atoms with Crippen molar-refractivity contribution in [3.8, 4) is 11.3 Å². The molecule has 33 heavy (non-hydrogen) atoms. The van der Waals surface area contributed by atoms with E-state index in [0.717, 1.165) is 65.2 Å². The van der Waals surface area contributed by atoms with Crippen LogP contribution in [0.4, 0.5) is 5.69 Å². The number of amides is 1. The number of carbonyl (C=O) groups excluding carboxylic acids is 1. The molecule has 2 heterocycles. The molecule has 1 amide bonds. The number of fused-ring (bicyclic) bond motifs is 1. The Morgan fingerprint density at radius 3 is 2.64 bits per heavy atom. The molecule has 0 unspecified atom stereocenters. The van der Waals surface area contributed by atoms with E-state index < -0.39 is 0 Å². The van der Waals surface area contributed by atoms with Crippen molar-refractivity contribution in [2.45, 2.75) is 6.54 Å². The fourth-order valence-corrected chi connectivity index (χ4v) is 4.48. The maximum Gasteiger partial charge on any atom is 0.255 e. The van der Waals surface area contributed by atoms with Crippen LogP contribution < -0.4 is 10.6 Å². The van der Waals surface area contributed by atoms with Gasteiger partial charge in [-0.1, -0.05) is 40.2 Å². The predicted molar refractivity (Wildman–Crippen MR) is 139 cm³/mol. The van der Waals surface area contributed by atoms with Crippen LogP contribution in [0.25, 0.3) is 22.3 Å². The van der Waals surface area contributed by atoms with Crippen LogP contribution in [0.15, 0.2) is 81.7 Å². The highest BCUT2D eigenvalue weighted by Gasteiger charge is 2.15. The molecule has 2 N–H and O–H groups in total. The molecule has 1 aliphatic heterocycles. The molecular formula is C26H25BrClN3O2. The molecule has 170 valence electrons. The molecule has 5 rings (SSSR count). The number of nitrogens with zero attached hydrogens (tertiary/aromatic N) is 1. The standard InChI is InChI=1S/C26H24BrN3O2.ClH/c27-21-5-3-4-19(15-21)26(31)29-23-7-2-1-6-22(23)25-16-20-14-18(8-9-24(20)32-25)17-30-12-10-28-11-13-30;/h1-9,14-16,28H,10-13,17H2,(H,29,31);1H. The summed E-state index contributed by atoms with van der Waals surface area (Å²) < 4.78 is 7.03. The Bertz CT molecular complexity index is 1270. The summed E-state index contributed by atoms with van der Waals surface area (Å²) in [4.78, 5) is 15.2. The van der Waals surface area contributed by atoms with E-state index in [2.05, 4.69) is 49.7 Å². The number of hydrogen-bond donors (Lipinski definition) is 2. The maximum absolute atomic E-state index is 12.8. The second-order valence-electron chi connectivity index (χ2n) is 8.02. The highest BCUT2D eigenvalue weighted by molar-refractivity contribution is 9.10. The van der Waals surface area contributed by atoms with Crippen LogP contribution in [0.3, 0.4) is 0 Å². The fourth-order valence-electron chi connectivity index (χ4n) is 4.08. The average molecular weight is 527 g/mol. The smallest absolute Gasteiger partial charge is 0.255 e. The van der Waals surface area contributed by atoms with Gasteiger partial charge in [0.05, 0.1) is 5.69 Å². The molecule has 1 fully saturated rings. The number of para-hydroxylation sites is 1. The van der Waals surface area contributed by atoms with Crippen LogP contribution in [0.5, 0.6) is 0 Å². The van der Waals surface area contributed by atoms with Crippen LogP contribution in [0.1, 0.15) is 15.9 Å². The minimum absolute atomic E-state index is 0. The number of rotatable bonds is 5. The van der Waals surface area contributed by atoms with Crippen molar-refractivity contribution < 1.29 is 9.21 Å². The van der Waals surface area contributed by atoms with E-state index in [1.54, 1.807) is 12.1 Å². The minimum Gasteiger partial charge on any atom is -0.456 e. The van der Waals surface area contributed by atoms with Gasteiger partial charge in [-0.05, 0) is 54.1 Å². The summed E-state index contributed by atoms with van der Waals surface area (Å²) in [6.45, 7) is 5.16. The van der Waals surface area contributed by atoms with Crippen molar-refractivity contribution >= 4 is 50.9 Å². The van der Waals surface area contributed by atoms with Gasteiger partial charge in [0.15, 0.2) is 0 Å². The van der Waals surface area contributed by atoms with Crippen LogP contribution in [-0.2, 0) is 6.54 Å². The first-order valence-electron chi connectivity index (χ1n) is 10.8. The molecule has 0 radical (unpaired) electrons. The largest absolute Gasteiger partial charge is 0.456 e. The quantitative estimate of drug-likeness (QED) is 0.338. The lowest BCUT2D eigenvalue weighted by atomic mass is 10.1. The molecular weight excluding hydrogens is 502 g/mol. The van der Waals surface area contributed by atoms with E-state index in [0.29, 0.717) is 5.56 Å². The highest BCUT2D eigenvalue weighted by atomic mass is 79.9. The van der Waals surface area contributed by atoms with Gasteiger partial charge >= 0.3 is 0 Å². The molecule has 0 saturated carbocycles. The molecule has 0 bridgehead atoms. The molecule has 0 atom stereocenters. The second kappa shape index (κ2) is 10.5. The fraction of sp³-hybridized carbons (Fsp3) is 0.192. The molecule has 3 aromatic carbocycles. The third kappa shape index (κ3) is 5.47. The number of benzene rings is 3. The maximum atomic E-state index is 12.8. The molecule has 4 aromatic rings. The number of piperazine rings is 1. The summed E-state index contributed by atoms with van der Waals surface area (Å²) in [6.07, 6.45) is 0. The predicted octanol–water partition coefficient (Wildman–Crippen LogP) is 5.94. The number of furan rings is 1. The van der Waals surface area contributed by atoms with Crippen molar-refractivity contribution in [1.82, 2.24) is 10.2 Å². The summed E-state index contributed by atoms with van der Waals surface area (Å²) in [6, 6.07) is 23.5. The van der Waals surface area contributed by atoms with E-state index >= 15 is 0 Å². The van der Waals surface area contributed by atoms with Gasteiger partial charge in [-0.2, -0.15) is 0 Å². The summed E-state index contributed by atoms with van der Waals surface area (Å²) in [5, 5.41) is 7.49. The van der Waals surface area contributed by atoms with Crippen LogP contribution in [-0.4, -0.2) is 37.0 Å². The summed E-state index contributed by atoms with van der Waals surface area (Å²) in [5.74, 6) is 0.581. The van der Waals surface area contributed by atoms with E-state index in [4.69, 9.17) is 4.42 Å². The Morgan fingerprint density at radius 1 is 1.00 bits per heavy atom. The Kier molecular flexibility index (Phi) is 7.50. The number of hydrogen-bond acceptors (Lipinski definition) is 4. The van der Waals surface area contributed by atoms with E-state index in [9.17, 15) is 4.79 Å². The zero-order valence-electron chi connectivity index (χ0n) is 18.0. The SMILES string of the molecule is Cl.O=C(Nc1ccccc1-c1cc2cc(CN3CCNCC3)ccc2o1)c1cccc(Br)c1. The first kappa shape index (κ1) is 23.5. The number of anilines is 1. The zero-order valence-corrected chi connectivity index (χ0v) is 20.4. The van der Waals surface area contributed by atoms with Crippen LogP contribution in [0, 0.1) is 0 Å². The van der Waals surface area contributed by atoms with E-state index in [1.807, 2.05) is 42.5 Å². The normalized spacial score (nSPS) is 14.1. The second-order valence-corrected chi connectivity index (χ2v) is 8.93. The van der Waals surface area contributed by atoms with Gasteiger partial charge in [0, 0.05) is 53.7 Å². The summed E-state index contributed by atoms with van der Waals surface area (Å²) in [7, 11) is 0. The van der Waals surface area contributed by atoms with Gasteiger partial charge in [-0.25, -0.2) is 0 Å². The third-order valence-corrected chi connectivity index (χ3v) is 6.22. The van der Waals surface area contributed by atoms with Gasteiger partial charge in [-0.15, -0.1) is 12.4 Å². The zero-order chi connectivity index (χ0) is 21.9. The van der Waals surface area contributed by atoms with E-state index in [-0.39, 0.29) is 18.3 Å². The lowest BCUT2D eigenvalue weighted by Crippen LogP contribution is -2.42. The Hall–Kier alpha value is -2.64. The van der Waals surface area contributed by atoms with Crippen molar-refractivity contribution in [3.05, 3.63) is 88.4 Å². The molecule has 0 aliphatic carbocycles. The summed E-state index contributed by atoms with van der Waals surface area (Å²) in [5.41, 5.74) is 4.30. The summed E-state index contributed by atoms with van der Waals surface area (Å²) >= 11 is 3.42. The monoisotopic (exact) mass is 525 g/mol. The van der Waals surface area contributed by atoms with Crippen molar-refractivity contribution in [1.29, 1.82) is 0 Å². The lowest BCUT2D eigenvalue weighted by molar-refractivity contribution is 0.102. The van der Waals surface area contributed by atoms with Crippen LogP contribution in [0.2, 0.25) is 0 Å². The van der Waals surface area contributed by atoms with Crippen LogP contribution >= 0.6 is 28.3 Å². The Balaban J connectivity index is 0.00000259. The number of halogens is 2. The molecule has 1 aliphatic rings. The Labute approximate surface area is 207 Å². The molecule has 1 aromatic heterocycles. The van der Waals surface area contributed by atoms with Crippen molar-refractivity contribution in [2.24, 2.45) is 0 Å². The number of carbonyl (C=O) groups is 1. The molecule has 7 heteroatoms. The van der Waals surface area contributed by atoms with Crippen molar-refractivity contribution in [3.63, 3.8) is 0 Å². The first-order valence-corrected chi connectivity index (χ1v) is 11.6. The topological polar surface area (TPSA) is 57.5 Å². The number of nitrogens with one attached hydrogen (secondary N) is 2. The van der Waals surface area contributed by atoms with Gasteiger partial charge in [-0.3, -0.25) is 9.69 Å². The molecule has 5 nitrogen and oxygen atoms in total. The minimum atomic E-state index is -0.159. The van der Waals surface area contributed by atoms with Gasteiger partial charge < -0.3 is 15.1 Å².